The number of nitrogens with zero attached hydrogens (tertiary/aromatic N) is 3. The number of benzene rings is 2. The average molecular weight is 454 g/mol. The van der Waals surface area contributed by atoms with Crippen LogP contribution < -0.4 is 16.6 Å². The maximum absolute atomic E-state index is 12.3. The molecule has 2 aromatic carbocycles. The third-order valence-electron chi connectivity index (χ3n) is 5.39. The van der Waals surface area contributed by atoms with Crippen LogP contribution in [-0.4, -0.2) is 40.7 Å². The van der Waals surface area contributed by atoms with Gasteiger partial charge in [0.1, 0.15) is 0 Å². The van der Waals surface area contributed by atoms with Crippen LogP contribution in [0.15, 0.2) is 50.9 Å². The highest BCUT2D eigenvalue weighted by atomic mass is 32.2. The van der Waals surface area contributed by atoms with Crippen molar-refractivity contribution in [2.45, 2.75) is 31.8 Å². The minimum Gasteiger partial charge on any atom is -0.321 e. The SMILES string of the molecule is Cc1cc2nc3c(=O)[nH]c(=O)nc-3n(CCNCc3cccc(S(C)(=O)=O)c3)c2cc1C. The van der Waals surface area contributed by atoms with E-state index in [0.29, 0.717) is 25.2 Å². The highest BCUT2D eigenvalue weighted by molar-refractivity contribution is 7.90. The summed E-state index contributed by atoms with van der Waals surface area (Å²) in [5.41, 5.74) is 3.19. The van der Waals surface area contributed by atoms with E-state index >= 15 is 0 Å². The van der Waals surface area contributed by atoms with Gasteiger partial charge < -0.3 is 9.88 Å². The number of sulfone groups is 1. The average Bonchev–Trinajstić information content (AvgIpc) is 2.72. The molecule has 32 heavy (non-hydrogen) atoms. The summed E-state index contributed by atoms with van der Waals surface area (Å²) in [6, 6.07) is 10.7. The number of aryl methyl sites for hydroxylation is 2. The van der Waals surface area contributed by atoms with Crippen molar-refractivity contribution in [2.24, 2.45) is 0 Å². The van der Waals surface area contributed by atoms with Gasteiger partial charge in [0.2, 0.25) is 0 Å². The topological polar surface area (TPSA) is 127 Å². The van der Waals surface area contributed by atoms with Gasteiger partial charge in [-0.05, 0) is 54.8 Å². The van der Waals surface area contributed by atoms with Gasteiger partial charge in [-0.2, -0.15) is 4.98 Å². The van der Waals surface area contributed by atoms with Gasteiger partial charge in [-0.1, -0.05) is 12.1 Å². The first-order chi connectivity index (χ1) is 15.1. The highest BCUT2D eigenvalue weighted by Crippen LogP contribution is 2.23. The molecule has 2 N–H and O–H groups in total. The summed E-state index contributed by atoms with van der Waals surface area (Å²) < 4.78 is 25.4. The summed E-state index contributed by atoms with van der Waals surface area (Å²) in [7, 11) is -3.27. The molecule has 0 fully saturated rings. The molecule has 2 heterocycles. The van der Waals surface area contributed by atoms with Crippen molar-refractivity contribution >= 4 is 20.9 Å². The van der Waals surface area contributed by atoms with Crippen LogP contribution in [0.25, 0.3) is 22.6 Å². The van der Waals surface area contributed by atoms with E-state index in [1.165, 1.54) is 6.26 Å². The number of H-pyrrole nitrogens is 1. The molecule has 0 aliphatic carbocycles. The van der Waals surface area contributed by atoms with Crippen LogP contribution in [0.4, 0.5) is 0 Å². The standard InChI is InChI=1S/C22H23N5O4S/c1-13-9-17-18(10-14(13)2)27(20-19(24-17)21(28)26-22(29)25-20)8-7-23-12-15-5-4-6-16(11-15)32(3,30)31/h4-6,9-11,23H,7-8,12H2,1-3H3,(H,26,28,29). The van der Waals surface area contributed by atoms with Crippen LogP contribution >= 0.6 is 0 Å². The van der Waals surface area contributed by atoms with E-state index in [1.54, 1.807) is 18.2 Å². The largest absolute Gasteiger partial charge is 0.349 e. The number of nitrogens with one attached hydrogen (secondary N) is 2. The van der Waals surface area contributed by atoms with Crippen molar-refractivity contribution in [1.29, 1.82) is 0 Å². The molecule has 0 amide bonds. The van der Waals surface area contributed by atoms with Crippen molar-refractivity contribution in [1.82, 2.24) is 24.8 Å². The predicted molar refractivity (Wildman–Crippen MR) is 122 cm³/mol. The van der Waals surface area contributed by atoms with Crippen molar-refractivity contribution in [3.05, 3.63) is 73.9 Å². The van der Waals surface area contributed by atoms with Crippen LogP contribution in [0.3, 0.4) is 0 Å². The zero-order valence-corrected chi connectivity index (χ0v) is 18.8. The summed E-state index contributed by atoms with van der Waals surface area (Å²) in [6.45, 7) is 5.35. The van der Waals surface area contributed by atoms with Crippen LogP contribution in [0, 0.1) is 13.8 Å². The van der Waals surface area contributed by atoms with Crippen LogP contribution in [0.1, 0.15) is 16.7 Å². The lowest BCUT2D eigenvalue weighted by molar-refractivity contribution is 0.598. The molecule has 0 atom stereocenters. The van der Waals surface area contributed by atoms with Crippen LogP contribution in [0.2, 0.25) is 0 Å². The van der Waals surface area contributed by atoms with E-state index in [9.17, 15) is 18.0 Å². The van der Waals surface area contributed by atoms with E-state index in [4.69, 9.17) is 0 Å². The quantitative estimate of drug-likeness (QED) is 0.334. The van der Waals surface area contributed by atoms with Gasteiger partial charge in [-0.25, -0.2) is 18.2 Å². The smallest absolute Gasteiger partial charge is 0.321 e. The summed E-state index contributed by atoms with van der Waals surface area (Å²) in [6.07, 6.45) is 1.18. The van der Waals surface area contributed by atoms with Gasteiger partial charge in [0.05, 0.1) is 15.9 Å². The Morgan fingerprint density at radius 2 is 1.81 bits per heavy atom. The molecule has 10 heteroatoms. The molecule has 0 saturated carbocycles. The van der Waals surface area contributed by atoms with Gasteiger partial charge >= 0.3 is 5.69 Å². The normalized spacial score (nSPS) is 12.0. The molecule has 0 saturated heterocycles. The number of hydrogen-bond donors (Lipinski definition) is 2. The Hall–Kier alpha value is -3.37. The Morgan fingerprint density at radius 3 is 2.56 bits per heavy atom. The molecule has 2 aromatic rings. The number of rotatable bonds is 6. The first-order valence-corrected chi connectivity index (χ1v) is 11.9. The van der Waals surface area contributed by atoms with E-state index in [-0.39, 0.29) is 16.4 Å². The second kappa shape index (κ2) is 8.29. The molecule has 4 rings (SSSR count). The zero-order valence-electron chi connectivity index (χ0n) is 18.0. The Morgan fingerprint density at radius 1 is 1.06 bits per heavy atom. The van der Waals surface area contributed by atoms with Gasteiger partial charge in [0, 0.05) is 25.9 Å². The molecule has 0 radical (unpaired) electrons. The van der Waals surface area contributed by atoms with Crippen molar-refractivity contribution in [3.8, 4) is 11.5 Å². The lowest BCUT2D eigenvalue weighted by atomic mass is 10.1. The van der Waals surface area contributed by atoms with Gasteiger partial charge in [0.25, 0.3) is 5.56 Å². The fourth-order valence-electron chi connectivity index (χ4n) is 3.59. The van der Waals surface area contributed by atoms with Gasteiger partial charge in [-0.3, -0.25) is 9.78 Å². The first-order valence-electron chi connectivity index (χ1n) is 10.0. The van der Waals surface area contributed by atoms with Crippen molar-refractivity contribution < 1.29 is 8.42 Å². The molecule has 166 valence electrons. The first kappa shape index (κ1) is 21.8. The summed E-state index contributed by atoms with van der Waals surface area (Å²) in [5.74, 6) is 0.232. The second-order valence-electron chi connectivity index (χ2n) is 7.83. The van der Waals surface area contributed by atoms with E-state index in [0.717, 1.165) is 22.2 Å². The van der Waals surface area contributed by atoms with Crippen molar-refractivity contribution in [3.63, 3.8) is 0 Å². The maximum Gasteiger partial charge on any atom is 0.349 e. The fourth-order valence-corrected chi connectivity index (χ4v) is 4.28. The van der Waals surface area contributed by atoms with E-state index in [1.807, 2.05) is 36.6 Å². The predicted octanol–water partition coefficient (Wildman–Crippen LogP) is 1.39. The summed E-state index contributed by atoms with van der Waals surface area (Å²) >= 11 is 0. The van der Waals surface area contributed by atoms with E-state index < -0.39 is 21.1 Å². The second-order valence-corrected chi connectivity index (χ2v) is 9.84. The molecule has 2 aliphatic rings. The Bertz CT molecular complexity index is 1520. The number of aromatic amines is 1. The number of aromatic nitrogens is 4. The molecule has 0 aromatic heterocycles. The third kappa shape index (κ3) is 4.32. The van der Waals surface area contributed by atoms with Crippen LogP contribution in [0.5, 0.6) is 0 Å². The molecule has 0 unspecified atom stereocenters. The Balaban J connectivity index is 1.65. The van der Waals surface area contributed by atoms with Gasteiger partial charge in [0.15, 0.2) is 21.4 Å². The molecular formula is C22H23N5O4S. The summed E-state index contributed by atoms with van der Waals surface area (Å²) in [5, 5.41) is 3.29. The van der Waals surface area contributed by atoms with Crippen molar-refractivity contribution in [2.75, 3.05) is 12.8 Å². The molecule has 0 spiro atoms. The molecule has 0 bridgehead atoms. The summed E-state index contributed by atoms with van der Waals surface area (Å²) in [4.78, 5) is 35.1. The fraction of sp³-hybridized carbons (Fsp3) is 0.273. The number of hydrogen-bond acceptors (Lipinski definition) is 7. The lowest BCUT2D eigenvalue weighted by Crippen LogP contribution is -2.30. The van der Waals surface area contributed by atoms with Gasteiger partial charge in [-0.15, -0.1) is 0 Å². The maximum atomic E-state index is 12.3. The lowest BCUT2D eigenvalue weighted by Gasteiger charge is -2.18. The molecular weight excluding hydrogens is 430 g/mol. The zero-order chi connectivity index (χ0) is 23.0. The van der Waals surface area contributed by atoms with Crippen LogP contribution in [-0.2, 0) is 22.9 Å². The highest BCUT2D eigenvalue weighted by Gasteiger charge is 2.19. The Labute approximate surface area is 184 Å². The monoisotopic (exact) mass is 453 g/mol. The van der Waals surface area contributed by atoms with E-state index in [2.05, 4.69) is 20.3 Å². The third-order valence-corrected chi connectivity index (χ3v) is 6.50. The minimum absolute atomic E-state index is 0.112. The Kier molecular flexibility index (Phi) is 5.66. The number of fused-ring (bicyclic) bond motifs is 2. The minimum atomic E-state index is -3.27. The molecule has 2 aliphatic heterocycles. The molecule has 9 nitrogen and oxygen atoms in total.